The molecule has 0 fully saturated rings. The topological polar surface area (TPSA) is 104 Å². The van der Waals surface area contributed by atoms with Gasteiger partial charge in [-0.2, -0.15) is 0 Å². The van der Waals surface area contributed by atoms with E-state index in [1.807, 2.05) is 12.2 Å². The van der Waals surface area contributed by atoms with Crippen LogP contribution < -0.4 is 10.1 Å². The van der Waals surface area contributed by atoms with Crippen LogP contribution in [0.4, 0.5) is 4.79 Å². The van der Waals surface area contributed by atoms with E-state index in [0.29, 0.717) is 28.9 Å². The monoisotopic (exact) mass is 349 g/mol. The number of aryl methyl sites for hydroxylation is 1. The van der Waals surface area contributed by atoms with E-state index in [1.165, 1.54) is 6.92 Å². The smallest absolute Gasteiger partial charge is 0.413 e. The molecule has 1 N–H and O–H groups in total. The van der Waals surface area contributed by atoms with Crippen molar-refractivity contribution in [2.45, 2.75) is 26.9 Å². The van der Waals surface area contributed by atoms with E-state index in [2.05, 4.69) is 4.74 Å². The molecule has 0 aliphatic heterocycles. The summed E-state index contributed by atoms with van der Waals surface area (Å²) < 4.78 is 20.3. The summed E-state index contributed by atoms with van der Waals surface area (Å²) in [4.78, 5) is 35.0. The van der Waals surface area contributed by atoms with E-state index in [9.17, 15) is 14.4 Å². The number of ether oxygens (including phenoxy) is 3. The number of methoxy groups -OCH3 is 1. The van der Waals surface area contributed by atoms with Gasteiger partial charge in [0.15, 0.2) is 6.10 Å². The average Bonchev–Trinajstić information content (AvgIpc) is 2.91. The molecule has 0 spiro atoms. The van der Waals surface area contributed by atoms with Crippen LogP contribution in [0.3, 0.4) is 0 Å². The molecule has 0 aliphatic carbocycles. The first kappa shape index (κ1) is 18.3. The summed E-state index contributed by atoms with van der Waals surface area (Å²) in [6, 6.07) is 5.19. The van der Waals surface area contributed by atoms with Crippen LogP contribution >= 0.6 is 0 Å². The Morgan fingerprint density at radius 3 is 2.64 bits per heavy atom. The van der Waals surface area contributed by atoms with E-state index in [0.717, 1.165) is 7.11 Å². The second-order valence-electron chi connectivity index (χ2n) is 5.18. The van der Waals surface area contributed by atoms with E-state index in [4.69, 9.17) is 13.9 Å². The van der Waals surface area contributed by atoms with Crippen molar-refractivity contribution >= 4 is 28.9 Å². The summed E-state index contributed by atoms with van der Waals surface area (Å²) in [6.07, 6.45) is -2.13. The van der Waals surface area contributed by atoms with Crippen molar-refractivity contribution in [1.29, 1.82) is 0 Å². The summed E-state index contributed by atoms with van der Waals surface area (Å²) in [7, 11) is 1.12. The van der Waals surface area contributed by atoms with Crippen LogP contribution in [0.15, 0.2) is 22.6 Å². The summed E-state index contributed by atoms with van der Waals surface area (Å²) in [5.41, 5.74) is 1.07. The molecule has 0 saturated heterocycles. The lowest BCUT2D eigenvalue weighted by Crippen LogP contribution is -2.39. The number of nitrogens with one attached hydrogen (secondary N) is 1. The number of hydrogen-bond acceptors (Lipinski definition) is 7. The second-order valence-corrected chi connectivity index (χ2v) is 5.18. The first-order valence-corrected chi connectivity index (χ1v) is 7.63. The Morgan fingerprint density at radius 2 is 2.00 bits per heavy atom. The van der Waals surface area contributed by atoms with Gasteiger partial charge in [0, 0.05) is 10.9 Å². The van der Waals surface area contributed by atoms with Crippen molar-refractivity contribution in [2.75, 3.05) is 13.7 Å². The highest BCUT2D eigenvalue weighted by atomic mass is 16.6. The maximum Gasteiger partial charge on any atom is 0.413 e. The van der Waals surface area contributed by atoms with Crippen LogP contribution in [0.2, 0.25) is 0 Å². The van der Waals surface area contributed by atoms with Gasteiger partial charge in [-0.05, 0) is 39.0 Å². The van der Waals surface area contributed by atoms with Crippen molar-refractivity contribution in [3.05, 3.63) is 29.5 Å². The molecule has 0 aliphatic rings. The first-order chi connectivity index (χ1) is 11.9. The van der Waals surface area contributed by atoms with E-state index in [1.54, 1.807) is 25.1 Å². The van der Waals surface area contributed by atoms with Crippen molar-refractivity contribution in [3.8, 4) is 5.75 Å². The third-order valence-corrected chi connectivity index (χ3v) is 3.47. The lowest BCUT2D eigenvalue weighted by atomic mass is 10.1. The number of esters is 1. The molecule has 1 aromatic carbocycles. The number of furan rings is 1. The number of carbonyl (C=O) groups is 3. The van der Waals surface area contributed by atoms with E-state index >= 15 is 0 Å². The molecule has 0 bridgehead atoms. The molecule has 8 heteroatoms. The number of benzene rings is 1. The second kappa shape index (κ2) is 7.69. The molecule has 25 heavy (non-hydrogen) atoms. The Bertz CT molecular complexity index is 809. The van der Waals surface area contributed by atoms with Crippen LogP contribution in [0, 0.1) is 6.92 Å². The molecule has 1 aromatic heterocycles. The fraction of sp³-hybridized carbons (Fsp3) is 0.353. The van der Waals surface area contributed by atoms with Gasteiger partial charge in [-0.25, -0.2) is 9.59 Å². The minimum absolute atomic E-state index is 0.0126. The van der Waals surface area contributed by atoms with Crippen molar-refractivity contribution in [1.82, 2.24) is 5.32 Å². The van der Waals surface area contributed by atoms with Crippen molar-refractivity contribution in [2.24, 2.45) is 0 Å². The zero-order valence-corrected chi connectivity index (χ0v) is 14.4. The normalized spacial score (nSPS) is 11.7. The molecule has 0 radical (unpaired) electrons. The summed E-state index contributed by atoms with van der Waals surface area (Å²) in [5.74, 6) is -0.960. The van der Waals surface area contributed by atoms with Gasteiger partial charge >= 0.3 is 12.1 Å². The van der Waals surface area contributed by atoms with Crippen molar-refractivity contribution in [3.63, 3.8) is 0 Å². The van der Waals surface area contributed by atoms with Gasteiger partial charge in [-0.3, -0.25) is 10.1 Å². The Morgan fingerprint density at radius 1 is 1.28 bits per heavy atom. The summed E-state index contributed by atoms with van der Waals surface area (Å²) >= 11 is 0. The zero-order chi connectivity index (χ0) is 18.6. The Labute approximate surface area is 144 Å². The van der Waals surface area contributed by atoms with Gasteiger partial charge in [-0.15, -0.1) is 0 Å². The minimum atomic E-state index is -1.20. The quantitative estimate of drug-likeness (QED) is 0.827. The highest BCUT2D eigenvalue weighted by Crippen LogP contribution is 2.29. The highest BCUT2D eigenvalue weighted by Gasteiger charge is 2.25. The van der Waals surface area contributed by atoms with Crippen LogP contribution in [-0.2, 0) is 14.3 Å². The molecule has 2 amide bonds. The number of imide groups is 1. The van der Waals surface area contributed by atoms with Gasteiger partial charge < -0.3 is 18.6 Å². The Hall–Kier alpha value is -3.03. The predicted molar refractivity (Wildman–Crippen MR) is 87.5 cm³/mol. The third-order valence-electron chi connectivity index (χ3n) is 3.47. The summed E-state index contributed by atoms with van der Waals surface area (Å²) in [6.45, 7) is 5.43. The van der Waals surface area contributed by atoms with E-state index in [-0.39, 0.29) is 5.76 Å². The number of fused-ring (bicyclic) bond motifs is 1. The fourth-order valence-electron chi connectivity index (χ4n) is 2.17. The number of rotatable bonds is 5. The molecule has 1 atom stereocenters. The number of carbonyl (C=O) groups excluding carboxylic acids is 3. The van der Waals surface area contributed by atoms with Gasteiger partial charge in [0.25, 0.3) is 5.91 Å². The number of alkyl carbamates (subject to hydrolysis) is 1. The standard InChI is InChI=1S/C17H19NO7/c1-5-23-11-6-7-13-12(8-11)9(2)14(25-13)16(20)24-10(3)15(19)18-17(21)22-4/h6-8,10H,5H2,1-4H3,(H,18,19,21)/t10-/m0/s1. The largest absolute Gasteiger partial charge is 0.494 e. The van der Waals surface area contributed by atoms with Crippen molar-refractivity contribution < 1.29 is 33.0 Å². The van der Waals surface area contributed by atoms with Gasteiger partial charge in [0.2, 0.25) is 5.76 Å². The van der Waals surface area contributed by atoms with Crippen LogP contribution in [0.1, 0.15) is 30.0 Å². The number of hydrogen-bond donors (Lipinski definition) is 1. The minimum Gasteiger partial charge on any atom is -0.494 e. The van der Waals surface area contributed by atoms with Gasteiger partial charge in [-0.1, -0.05) is 0 Å². The maximum absolute atomic E-state index is 12.3. The van der Waals surface area contributed by atoms with Crippen LogP contribution in [0.5, 0.6) is 5.75 Å². The molecule has 0 saturated carbocycles. The van der Waals surface area contributed by atoms with Gasteiger partial charge in [0.05, 0.1) is 13.7 Å². The molecule has 1 heterocycles. The van der Waals surface area contributed by atoms with E-state index < -0.39 is 24.1 Å². The number of amides is 2. The Balaban J connectivity index is 2.17. The lowest BCUT2D eigenvalue weighted by molar-refractivity contribution is -0.128. The zero-order valence-electron chi connectivity index (χ0n) is 14.4. The first-order valence-electron chi connectivity index (χ1n) is 7.63. The molecule has 0 unspecified atom stereocenters. The Kier molecular flexibility index (Phi) is 5.63. The van der Waals surface area contributed by atoms with Crippen LogP contribution in [0.25, 0.3) is 11.0 Å². The van der Waals surface area contributed by atoms with Gasteiger partial charge in [0.1, 0.15) is 11.3 Å². The SMILES string of the molecule is CCOc1ccc2oc(C(=O)O[C@@H](C)C(=O)NC(=O)OC)c(C)c2c1. The third kappa shape index (κ3) is 4.09. The summed E-state index contributed by atoms with van der Waals surface area (Å²) in [5, 5.41) is 2.64. The molecule has 8 nitrogen and oxygen atoms in total. The molecule has 2 rings (SSSR count). The maximum atomic E-state index is 12.3. The van der Waals surface area contributed by atoms with Crippen LogP contribution in [-0.4, -0.2) is 37.8 Å². The molecular formula is C17H19NO7. The fourth-order valence-corrected chi connectivity index (χ4v) is 2.17. The lowest BCUT2D eigenvalue weighted by Gasteiger charge is -2.11. The predicted octanol–water partition coefficient (Wildman–Crippen LogP) is 2.57. The molecule has 2 aromatic rings. The highest BCUT2D eigenvalue weighted by molar-refractivity contribution is 5.99. The molecule has 134 valence electrons. The average molecular weight is 349 g/mol. The molecular weight excluding hydrogens is 330 g/mol.